The molecule has 0 amide bonds. The van der Waals surface area contributed by atoms with Crippen molar-refractivity contribution < 1.29 is 30.0 Å². The van der Waals surface area contributed by atoms with Crippen LogP contribution < -0.4 is 0 Å². The van der Waals surface area contributed by atoms with Gasteiger partial charge >= 0.3 is 11.9 Å². The summed E-state index contributed by atoms with van der Waals surface area (Å²) in [6.45, 7) is 0. The first-order valence-corrected chi connectivity index (χ1v) is 3.96. The standard InChI is InChI=1S/C8H12O6/c9-6(10)3-1-2-5(8(13)14)4-7(11)12/h4,6,9-10H,1-3H2,(H,11,12)(H,13,14)/b5-4+. The van der Waals surface area contributed by atoms with Crippen molar-refractivity contribution in [3.05, 3.63) is 11.6 Å². The Kier molecular flexibility index (Phi) is 5.50. The molecule has 0 aliphatic heterocycles. The first-order chi connectivity index (χ1) is 6.43. The van der Waals surface area contributed by atoms with Crippen molar-refractivity contribution in [2.24, 2.45) is 0 Å². The number of carboxylic acids is 2. The van der Waals surface area contributed by atoms with Gasteiger partial charge in [0, 0.05) is 11.6 Å². The maximum Gasteiger partial charge on any atom is 0.331 e. The molecular weight excluding hydrogens is 192 g/mol. The Balaban J connectivity index is 4.12. The molecule has 0 heterocycles. The third-order valence-corrected chi connectivity index (χ3v) is 1.48. The number of hydrogen-bond acceptors (Lipinski definition) is 4. The predicted molar refractivity (Wildman–Crippen MR) is 45.4 cm³/mol. The van der Waals surface area contributed by atoms with Crippen LogP contribution >= 0.6 is 0 Å². The zero-order valence-electron chi connectivity index (χ0n) is 7.38. The highest BCUT2D eigenvalue weighted by atomic mass is 16.5. The minimum atomic E-state index is -1.49. The lowest BCUT2D eigenvalue weighted by Gasteiger charge is -2.03. The van der Waals surface area contributed by atoms with Gasteiger partial charge in [0.15, 0.2) is 6.29 Å². The third-order valence-electron chi connectivity index (χ3n) is 1.48. The number of aliphatic hydroxyl groups is 2. The second-order valence-electron chi connectivity index (χ2n) is 2.69. The fourth-order valence-corrected chi connectivity index (χ4v) is 0.865. The second kappa shape index (κ2) is 6.11. The van der Waals surface area contributed by atoms with Gasteiger partial charge in [0.05, 0.1) is 0 Å². The first-order valence-electron chi connectivity index (χ1n) is 3.96. The molecule has 0 aromatic heterocycles. The summed E-state index contributed by atoms with van der Waals surface area (Å²) in [5.74, 6) is -2.63. The number of aliphatic hydroxyl groups excluding tert-OH is 1. The van der Waals surface area contributed by atoms with Gasteiger partial charge in [0.1, 0.15) is 0 Å². The van der Waals surface area contributed by atoms with Crippen molar-refractivity contribution in [1.29, 1.82) is 0 Å². The fraction of sp³-hybridized carbons (Fsp3) is 0.500. The van der Waals surface area contributed by atoms with Crippen molar-refractivity contribution in [2.75, 3.05) is 0 Å². The van der Waals surface area contributed by atoms with Crippen molar-refractivity contribution in [3.8, 4) is 0 Å². The van der Waals surface area contributed by atoms with E-state index in [0.29, 0.717) is 6.08 Å². The van der Waals surface area contributed by atoms with E-state index in [2.05, 4.69) is 0 Å². The minimum absolute atomic E-state index is 0.000741. The molecule has 14 heavy (non-hydrogen) atoms. The van der Waals surface area contributed by atoms with E-state index in [0.717, 1.165) is 0 Å². The number of carbonyl (C=O) groups is 2. The molecule has 0 bridgehead atoms. The number of aliphatic carboxylic acids is 2. The largest absolute Gasteiger partial charge is 0.478 e. The molecular formula is C8H12O6. The van der Waals surface area contributed by atoms with E-state index < -0.39 is 18.2 Å². The van der Waals surface area contributed by atoms with Crippen LogP contribution in [0.4, 0.5) is 0 Å². The fourth-order valence-electron chi connectivity index (χ4n) is 0.865. The Labute approximate surface area is 80.1 Å². The van der Waals surface area contributed by atoms with Gasteiger partial charge in [0.2, 0.25) is 0 Å². The Morgan fingerprint density at radius 1 is 1.21 bits per heavy atom. The summed E-state index contributed by atoms with van der Waals surface area (Å²) >= 11 is 0. The van der Waals surface area contributed by atoms with Crippen LogP contribution in [-0.4, -0.2) is 38.7 Å². The molecule has 0 radical (unpaired) electrons. The average Bonchev–Trinajstić information content (AvgIpc) is 2.00. The Hall–Kier alpha value is -1.40. The second-order valence-corrected chi connectivity index (χ2v) is 2.69. The van der Waals surface area contributed by atoms with Gasteiger partial charge in [-0.3, -0.25) is 0 Å². The van der Waals surface area contributed by atoms with Gasteiger partial charge in [0.25, 0.3) is 0 Å². The van der Waals surface area contributed by atoms with Crippen molar-refractivity contribution >= 4 is 11.9 Å². The highest BCUT2D eigenvalue weighted by Gasteiger charge is 2.09. The highest BCUT2D eigenvalue weighted by molar-refractivity contribution is 5.94. The molecule has 0 rings (SSSR count). The Morgan fingerprint density at radius 2 is 1.79 bits per heavy atom. The van der Waals surface area contributed by atoms with E-state index in [1.165, 1.54) is 0 Å². The molecule has 0 atom stereocenters. The summed E-state index contributed by atoms with van der Waals surface area (Å²) in [6.07, 6.45) is -0.659. The summed E-state index contributed by atoms with van der Waals surface area (Å²) in [5, 5.41) is 33.7. The van der Waals surface area contributed by atoms with Gasteiger partial charge in [-0.15, -0.1) is 0 Å². The molecule has 6 nitrogen and oxygen atoms in total. The van der Waals surface area contributed by atoms with Gasteiger partial charge in [-0.2, -0.15) is 0 Å². The van der Waals surface area contributed by atoms with Crippen molar-refractivity contribution in [1.82, 2.24) is 0 Å². The van der Waals surface area contributed by atoms with Gasteiger partial charge in [-0.25, -0.2) is 9.59 Å². The van der Waals surface area contributed by atoms with E-state index in [-0.39, 0.29) is 24.8 Å². The summed E-state index contributed by atoms with van der Waals surface area (Å²) in [7, 11) is 0. The highest BCUT2D eigenvalue weighted by Crippen LogP contribution is 2.08. The molecule has 0 aromatic rings. The quantitative estimate of drug-likeness (QED) is 0.344. The minimum Gasteiger partial charge on any atom is -0.478 e. The van der Waals surface area contributed by atoms with Crippen LogP contribution in [-0.2, 0) is 9.59 Å². The predicted octanol–water partition coefficient (Wildman–Crippen LogP) is -0.437. The third kappa shape index (κ3) is 6.15. The van der Waals surface area contributed by atoms with Crippen LogP contribution in [0.5, 0.6) is 0 Å². The molecule has 4 N–H and O–H groups in total. The molecule has 0 aliphatic carbocycles. The monoisotopic (exact) mass is 204 g/mol. The van der Waals surface area contributed by atoms with Crippen LogP contribution in [0.1, 0.15) is 19.3 Å². The molecule has 0 fully saturated rings. The van der Waals surface area contributed by atoms with E-state index in [4.69, 9.17) is 20.4 Å². The number of hydrogen-bond donors (Lipinski definition) is 4. The van der Waals surface area contributed by atoms with Gasteiger partial charge in [-0.05, 0) is 19.3 Å². The summed E-state index contributed by atoms with van der Waals surface area (Å²) in [5.41, 5.74) is -0.252. The van der Waals surface area contributed by atoms with Crippen LogP contribution in [0.3, 0.4) is 0 Å². The molecule has 80 valence electrons. The van der Waals surface area contributed by atoms with Crippen LogP contribution in [0, 0.1) is 0 Å². The van der Waals surface area contributed by atoms with Gasteiger partial charge in [-0.1, -0.05) is 0 Å². The topological polar surface area (TPSA) is 115 Å². The van der Waals surface area contributed by atoms with Crippen LogP contribution in [0.2, 0.25) is 0 Å². The van der Waals surface area contributed by atoms with E-state index in [1.54, 1.807) is 0 Å². The molecule has 0 aliphatic rings. The normalized spacial score (nSPS) is 11.8. The molecule has 0 spiro atoms. The number of rotatable bonds is 6. The smallest absolute Gasteiger partial charge is 0.331 e. The number of carboxylic acid groups (broad SMARTS) is 2. The molecule has 0 aromatic carbocycles. The lowest BCUT2D eigenvalue weighted by molar-refractivity contribution is -0.135. The average molecular weight is 204 g/mol. The lowest BCUT2D eigenvalue weighted by Crippen LogP contribution is -2.07. The summed E-state index contributed by atoms with van der Waals surface area (Å²) in [6, 6.07) is 0. The molecule has 0 saturated heterocycles. The molecule has 0 saturated carbocycles. The zero-order chi connectivity index (χ0) is 11.1. The zero-order valence-corrected chi connectivity index (χ0v) is 7.38. The molecule has 6 heteroatoms. The molecule has 0 unspecified atom stereocenters. The first kappa shape index (κ1) is 12.6. The maximum atomic E-state index is 10.5. The van der Waals surface area contributed by atoms with Crippen molar-refractivity contribution in [2.45, 2.75) is 25.6 Å². The van der Waals surface area contributed by atoms with E-state index >= 15 is 0 Å². The SMILES string of the molecule is O=C(O)/C=C(\CCCC(O)O)C(=O)O. The Bertz CT molecular complexity index is 242. The van der Waals surface area contributed by atoms with Crippen LogP contribution in [0.25, 0.3) is 0 Å². The van der Waals surface area contributed by atoms with Crippen LogP contribution in [0.15, 0.2) is 11.6 Å². The maximum absolute atomic E-state index is 10.5. The summed E-state index contributed by atoms with van der Waals surface area (Å²) < 4.78 is 0. The van der Waals surface area contributed by atoms with Crippen molar-refractivity contribution in [3.63, 3.8) is 0 Å². The lowest BCUT2D eigenvalue weighted by atomic mass is 10.1. The van der Waals surface area contributed by atoms with Gasteiger partial charge < -0.3 is 20.4 Å². The van der Waals surface area contributed by atoms with E-state index in [1.807, 2.05) is 0 Å². The van der Waals surface area contributed by atoms with E-state index in [9.17, 15) is 9.59 Å². The summed E-state index contributed by atoms with van der Waals surface area (Å²) in [4.78, 5) is 20.6. The Morgan fingerprint density at radius 3 is 2.14 bits per heavy atom.